The molecule has 0 amide bonds. The molecule has 2 atom stereocenters. The molecule has 4 heteroatoms. The maximum Gasteiger partial charge on any atom is 0.0599 e. The molecule has 112 valence electrons. The highest BCUT2D eigenvalue weighted by atomic mass is 35.5. The minimum Gasteiger partial charge on any atom is -0.378 e. The van der Waals surface area contributed by atoms with Crippen LogP contribution in [0, 0.1) is 0 Å². The molecule has 3 nitrogen and oxygen atoms in total. The lowest BCUT2D eigenvalue weighted by Crippen LogP contribution is -2.45. The van der Waals surface area contributed by atoms with E-state index in [0.29, 0.717) is 6.10 Å². The summed E-state index contributed by atoms with van der Waals surface area (Å²) >= 11 is 6.12. The van der Waals surface area contributed by atoms with Crippen LogP contribution in [0.25, 0.3) is 0 Å². The third kappa shape index (κ3) is 3.95. The molecule has 1 aromatic rings. The highest BCUT2D eigenvalue weighted by Gasteiger charge is 2.28. The molecule has 2 N–H and O–H groups in total. The molecule has 0 saturated carbocycles. The molecule has 0 bridgehead atoms. The zero-order valence-corrected chi connectivity index (χ0v) is 13.1. The summed E-state index contributed by atoms with van der Waals surface area (Å²) in [7, 11) is 0. The fraction of sp³-hybridized carbons (Fsp3) is 0.625. The van der Waals surface area contributed by atoms with Crippen LogP contribution in [-0.4, -0.2) is 36.7 Å². The summed E-state index contributed by atoms with van der Waals surface area (Å²) in [6.45, 7) is 6.99. The molecule has 0 aliphatic carbocycles. The third-order valence-electron chi connectivity index (χ3n) is 3.96. The summed E-state index contributed by atoms with van der Waals surface area (Å²) < 4.78 is 5.72. The standard InChI is InChI=1S/C16H25ClN2O/c1-3-20-15-7-9-19(10-8-15)16(12(2)18)13-5-4-6-14(17)11-13/h4-6,11-12,15-16H,3,7-10,18H2,1-2H3. The molecule has 0 aromatic heterocycles. The van der Waals surface area contributed by atoms with Crippen molar-refractivity contribution in [3.05, 3.63) is 34.9 Å². The van der Waals surface area contributed by atoms with Crippen molar-refractivity contribution in [2.45, 2.75) is 44.9 Å². The normalized spacial score (nSPS) is 20.8. The zero-order chi connectivity index (χ0) is 14.5. The van der Waals surface area contributed by atoms with Crippen LogP contribution in [0.3, 0.4) is 0 Å². The molecule has 1 aromatic carbocycles. The Morgan fingerprint density at radius 2 is 2.10 bits per heavy atom. The van der Waals surface area contributed by atoms with Gasteiger partial charge in [-0.1, -0.05) is 23.7 Å². The molecule has 2 unspecified atom stereocenters. The quantitative estimate of drug-likeness (QED) is 0.906. The topological polar surface area (TPSA) is 38.5 Å². The van der Waals surface area contributed by atoms with Gasteiger partial charge in [-0.2, -0.15) is 0 Å². The fourth-order valence-electron chi connectivity index (χ4n) is 3.09. The van der Waals surface area contributed by atoms with Gasteiger partial charge in [-0.25, -0.2) is 0 Å². The van der Waals surface area contributed by atoms with Gasteiger partial charge in [0.05, 0.1) is 6.10 Å². The van der Waals surface area contributed by atoms with Crippen LogP contribution in [0.2, 0.25) is 5.02 Å². The van der Waals surface area contributed by atoms with E-state index < -0.39 is 0 Å². The smallest absolute Gasteiger partial charge is 0.0599 e. The van der Waals surface area contributed by atoms with Crippen LogP contribution in [0.5, 0.6) is 0 Å². The van der Waals surface area contributed by atoms with E-state index in [2.05, 4.69) is 24.8 Å². The van der Waals surface area contributed by atoms with Gasteiger partial charge in [-0.3, -0.25) is 4.90 Å². The first-order valence-electron chi connectivity index (χ1n) is 7.48. The first-order valence-corrected chi connectivity index (χ1v) is 7.86. The van der Waals surface area contributed by atoms with E-state index in [9.17, 15) is 0 Å². The molecule has 1 aliphatic rings. The lowest BCUT2D eigenvalue weighted by molar-refractivity contribution is 0.00119. The minimum absolute atomic E-state index is 0.0807. The lowest BCUT2D eigenvalue weighted by Gasteiger charge is -2.39. The maximum atomic E-state index is 6.23. The Bertz CT molecular complexity index is 417. The first-order chi connectivity index (χ1) is 9.61. The first kappa shape index (κ1) is 15.8. The van der Waals surface area contributed by atoms with Crippen molar-refractivity contribution in [2.24, 2.45) is 5.73 Å². The summed E-state index contributed by atoms with van der Waals surface area (Å²) in [5.41, 5.74) is 7.44. The Hall–Kier alpha value is -0.610. The highest BCUT2D eigenvalue weighted by Crippen LogP contribution is 2.29. The highest BCUT2D eigenvalue weighted by molar-refractivity contribution is 6.30. The lowest BCUT2D eigenvalue weighted by atomic mass is 9.96. The molecule has 1 aliphatic heterocycles. The number of ether oxygens (including phenoxy) is 1. The number of rotatable bonds is 5. The fourth-order valence-corrected chi connectivity index (χ4v) is 3.29. The van der Waals surface area contributed by atoms with Crippen LogP contribution < -0.4 is 5.73 Å². The van der Waals surface area contributed by atoms with E-state index in [1.165, 1.54) is 5.56 Å². The number of nitrogens with two attached hydrogens (primary N) is 1. The number of hydrogen-bond donors (Lipinski definition) is 1. The molecule has 0 radical (unpaired) electrons. The molecular formula is C16H25ClN2O. The number of piperidine rings is 1. The third-order valence-corrected chi connectivity index (χ3v) is 4.20. The second-order valence-corrected chi connectivity index (χ2v) is 5.99. The second kappa shape index (κ2) is 7.41. The molecule has 1 heterocycles. The molecule has 20 heavy (non-hydrogen) atoms. The molecule has 2 rings (SSSR count). The Morgan fingerprint density at radius 3 is 2.65 bits per heavy atom. The van der Waals surface area contributed by atoms with Crippen molar-refractivity contribution in [1.82, 2.24) is 4.90 Å². The van der Waals surface area contributed by atoms with E-state index >= 15 is 0 Å². The van der Waals surface area contributed by atoms with Crippen LogP contribution in [0.1, 0.15) is 38.3 Å². The maximum absolute atomic E-state index is 6.23. The van der Waals surface area contributed by atoms with Crippen LogP contribution >= 0.6 is 11.6 Å². The van der Waals surface area contributed by atoms with Crippen LogP contribution in [-0.2, 0) is 4.74 Å². The van der Waals surface area contributed by atoms with Gasteiger partial charge >= 0.3 is 0 Å². The number of halogens is 1. The van der Waals surface area contributed by atoms with Crippen molar-refractivity contribution in [1.29, 1.82) is 0 Å². The van der Waals surface area contributed by atoms with Crippen molar-refractivity contribution in [3.8, 4) is 0 Å². The average Bonchev–Trinajstić information content (AvgIpc) is 2.41. The number of hydrogen-bond acceptors (Lipinski definition) is 3. The van der Waals surface area contributed by atoms with Gasteiger partial charge in [-0.15, -0.1) is 0 Å². The summed E-state index contributed by atoms with van der Waals surface area (Å²) in [6.07, 6.45) is 2.57. The van der Waals surface area contributed by atoms with Crippen LogP contribution in [0.15, 0.2) is 24.3 Å². The van der Waals surface area contributed by atoms with Gasteiger partial charge in [0.15, 0.2) is 0 Å². The predicted octanol–water partition coefficient (Wildman–Crippen LogP) is 3.23. The summed E-state index contributed by atoms with van der Waals surface area (Å²) in [5.74, 6) is 0. The Balaban J connectivity index is 2.07. The van der Waals surface area contributed by atoms with E-state index in [0.717, 1.165) is 37.6 Å². The molecule has 0 spiro atoms. The monoisotopic (exact) mass is 296 g/mol. The van der Waals surface area contributed by atoms with E-state index in [1.807, 2.05) is 18.2 Å². The predicted molar refractivity (Wildman–Crippen MR) is 84.1 cm³/mol. The molecule has 1 saturated heterocycles. The zero-order valence-electron chi connectivity index (χ0n) is 12.4. The van der Waals surface area contributed by atoms with E-state index in [4.69, 9.17) is 22.1 Å². The summed E-state index contributed by atoms with van der Waals surface area (Å²) in [5, 5.41) is 0.775. The number of likely N-dealkylation sites (tertiary alicyclic amines) is 1. The molecular weight excluding hydrogens is 272 g/mol. The van der Waals surface area contributed by atoms with Crippen molar-refractivity contribution in [2.75, 3.05) is 19.7 Å². The Kier molecular flexibility index (Phi) is 5.85. The van der Waals surface area contributed by atoms with Crippen LogP contribution in [0.4, 0.5) is 0 Å². The van der Waals surface area contributed by atoms with E-state index in [1.54, 1.807) is 0 Å². The number of benzene rings is 1. The summed E-state index contributed by atoms with van der Waals surface area (Å²) in [4.78, 5) is 2.46. The van der Waals surface area contributed by atoms with E-state index in [-0.39, 0.29) is 12.1 Å². The van der Waals surface area contributed by atoms with Gasteiger partial charge in [0.1, 0.15) is 0 Å². The van der Waals surface area contributed by atoms with Gasteiger partial charge in [0, 0.05) is 36.8 Å². The van der Waals surface area contributed by atoms with Gasteiger partial charge in [-0.05, 0) is 44.4 Å². The Labute approximate surface area is 127 Å². The van der Waals surface area contributed by atoms with Gasteiger partial charge < -0.3 is 10.5 Å². The largest absolute Gasteiger partial charge is 0.378 e. The van der Waals surface area contributed by atoms with Crippen molar-refractivity contribution >= 4 is 11.6 Å². The molecule has 1 fully saturated rings. The SMILES string of the molecule is CCOC1CCN(C(c2cccc(Cl)c2)C(C)N)CC1. The number of nitrogens with zero attached hydrogens (tertiary/aromatic N) is 1. The minimum atomic E-state index is 0.0807. The Morgan fingerprint density at radius 1 is 1.40 bits per heavy atom. The van der Waals surface area contributed by atoms with Crippen molar-refractivity contribution < 1.29 is 4.74 Å². The van der Waals surface area contributed by atoms with Crippen molar-refractivity contribution in [3.63, 3.8) is 0 Å². The second-order valence-electron chi connectivity index (χ2n) is 5.55. The summed E-state index contributed by atoms with van der Waals surface area (Å²) in [6, 6.07) is 8.37. The average molecular weight is 297 g/mol. The van der Waals surface area contributed by atoms with Gasteiger partial charge in [0.25, 0.3) is 0 Å². The van der Waals surface area contributed by atoms with Gasteiger partial charge in [0.2, 0.25) is 0 Å².